The molecule has 0 fully saturated rings. The standard InChI is InChI=1S/C15H19N3/c1-8(2)14-11(5)15-16-12-6-9(3)10(4)7-13(12)18(15)17-14/h6-8,17H,1-5H3. The van der Waals surface area contributed by atoms with Gasteiger partial charge < -0.3 is 0 Å². The fourth-order valence-corrected chi connectivity index (χ4v) is 2.58. The number of hydrogen-bond donors (Lipinski definition) is 1. The molecule has 3 rings (SSSR count). The third kappa shape index (κ3) is 1.40. The number of H-pyrrole nitrogens is 1. The van der Waals surface area contributed by atoms with Crippen LogP contribution in [0.15, 0.2) is 12.1 Å². The smallest absolute Gasteiger partial charge is 0.157 e. The summed E-state index contributed by atoms with van der Waals surface area (Å²) >= 11 is 0. The van der Waals surface area contributed by atoms with Crippen molar-refractivity contribution in [3.05, 3.63) is 34.5 Å². The van der Waals surface area contributed by atoms with E-state index in [1.165, 1.54) is 27.9 Å². The van der Waals surface area contributed by atoms with Gasteiger partial charge in [-0.1, -0.05) is 13.8 Å². The number of imidazole rings is 1. The number of aromatic nitrogens is 3. The summed E-state index contributed by atoms with van der Waals surface area (Å²) in [5, 5.41) is 3.49. The zero-order valence-electron chi connectivity index (χ0n) is 11.6. The van der Waals surface area contributed by atoms with Gasteiger partial charge in [0.1, 0.15) is 0 Å². The van der Waals surface area contributed by atoms with Gasteiger partial charge in [0, 0.05) is 11.3 Å². The Hall–Kier alpha value is -1.77. The molecular formula is C15H19N3. The molecule has 0 saturated carbocycles. The fourth-order valence-electron chi connectivity index (χ4n) is 2.58. The normalized spacial score (nSPS) is 12.1. The molecule has 0 spiro atoms. The van der Waals surface area contributed by atoms with Gasteiger partial charge in [-0.15, -0.1) is 0 Å². The first-order valence-electron chi connectivity index (χ1n) is 6.47. The van der Waals surface area contributed by atoms with E-state index in [0.717, 1.165) is 11.2 Å². The van der Waals surface area contributed by atoms with Crippen LogP contribution in [0.1, 0.15) is 42.1 Å². The fraction of sp³-hybridized carbons (Fsp3) is 0.400. The lowest BCUT2D eigenvalue weighted by Crippen LogP contribution is -1.92. The third-order valence-corrected chi connectivity index (χ3v) is 3.82. The average Bonchev–Trinajstić information content (AvgIpc) is 2.78. The Balaban J connectivity index is 2.42. The molecule has 0 bridgehead atoms. The highest BCUT2D eigenvalue weighted by molar-refractivity contribution is 5.82. The first-order valence-corrected chi connectivity index (χ1v) is 6.47. The molecular weight excluding hydrogens is 222 g/mol. The summed E-state index contributed by atoms with van der Waals surface area (Å²) < 4.78 is 2.12. The van der Waals surface area contributed by atoms with Crippen LogP contribution in [0.3, 0.4) is 0 Å². The van der Waals surface area contributed by atoms with Gasteiger partial charge in [0.05, 0.1) is 11.0 Å². The molecule has 0 amide bonds. The summed E-state index contributed by atoms with van der Waals surface area (Å²) in [6.07, 6.45) is 0. The molecule has 3 heteroatoms. The van der Waals surface area contributed by atoms with Crippen LogP contribution in [0.25, 0.3) is 16.7 Å². The van der Waals surface area contributed by atoms with Crippen molar-refractivity contribution < 1.29 is 0 Å². The lowest BCUT2D eigenvalue weighted by Gasteiger charge is -2.03. The highest BCUT2D eigenvalue weighted by atomic mass is 15.3. The molecule has 3 nitrogen and oxygen atoms in total. The minimum Gasteiger partial charge on any atom is -0.296 e. The van der Waals surface area contributed by atoms with Gasteiger partial charge in [-0.3, -0.25) is 5.10 Å². The van der Waals surface area contributed by atoms with Crippen LogP contribution in [0.5, 0.6) is 0 Å². The predicted octanol–water partition coefficient (Wildman–Crippen LogP) is 3.86. The highest BCUT2D eigenvalue weighted by Gasteiger charge is 2.15. The lowest BCUT2D eigenvalue weighted by molar-refractivity contribution is 0.791. The molecule has 0 atom stereocenters. The Labute approximate surface area is 107 Å². The molecule has 0 aliphatic rings. The maximum Gasteiger partial charge on any atom is 0.157 e. The van der Waals surface area contributed by atoms with Crippen molar-refractivity contribution in [2.45, 2.75) is 40.5 Å². The molecule has 94 valence electrons. The zero-order chi connectivity index (χ0) is 13.0. The first-order chi connectivity index (χ1) is 8.49. The molecule has 1 N–H and O–H groups in total. The van der Waals surface area contributed by atoms with E-state index >= 15 is 0 Å². The van der Waals surface area contributed by atoms with E-state index in [2.05, 4.69) is 56.4 Å². The van der Waals surface area contributed by atoms with Crippen molar-refractivity contribution in [3.63, 3.8) is 0 Å². The van der Waals surface area contributed by atoms with Crippen LogP contribution in [0.2, 0.25) is 0 Å². The minimum atomic E-state index is 0.494. The summed E-state index contributed by atoms with van der Waals surface area (Å²) in [6, 6.07) is 4.38. The van der Waals surface area contributed by atoms with Gasteiger partial charge in [0.2, 0.25) is 0 Å². The summed E-state index contributed by atoms with van der Waals surface area (Å²) in [5.41, 5.74) is 8.44. The number of benzene rings is 1. The second kappa shape index (κ2) is 3.61. The van der Waals surface area contributed by atoms with Gasteiger partial charge in [-0.25, -0.2) is 9.50 Å². The van der Waals surface area contributed by atoms with Crippen LogP contribution in [-0.2, 0) is 0 Å². The molecule has 0 aliphatic carbocycles. The number of nitrogens with one attached hydrogen (secondary N) is 1. The van der Waals surface area contributed by atoms with E-state index in [0.29, 0.717) is 5.92 Å². The molecule has 18 heavy (non-hydrogen) atoms. The molecule has 2 heterocycles. The van der Waals surface area contributed by atoms with Crippen molar-refractivity contribution in [2.24, 2.45) is 0 Å². The number of aryl methyl sites for hydroxylation is 3. The molecule has 3 aromatic rings. The Morgan fingerprint density at radius 3 is 2.44 bits per heavy atom. The maximum absolute atomic E-state index is 4.75. The lowest BCUT2D eigenvalue weighted by atomic mass is 10.1. The summed E-state index contributed by atoms with van der Waals surface area (Å²) in [6.45, 7) is 10.8. The van der Waals surface area contributed by atoms with E-state index in [-0.39, 0.29) is 0 Å². The minimum absolute atomic E-state index is 0.494. The number of nitrogens with zero attached hydrogens (tertiary/aromatic N) is 2. The quantitative estimate of drug-likeness (QED) is 0.689. The number of hydrogen-bond acceptors (Lipinski definition) is 1. The van der Waals surface area contributed by atoms with Gasteiger partial charge in [0.15, 0.2) is 5.65 Å². The second-order valence-corrected chi connectivity index (χ2v) is 5.50. The van der Waals surface area contributed by atoms with Crippen LogP contribution in [0, 0.1) is 20.8 Å². The second-order valence-electron chi connectivity index (χ2n) is 5.50. The Kier molecular flexibility index (Phi) is 2.27. The largest absolute Gasteiger partial charge is 0.296 e. The Bertz CT molecular complexity index is 744. The summed E-state index contributed by atoms with van der Waals surface area (Å²) in [4.78, 5) is 4.75. The van der Waals surface area contributed by atoms with Crippen LogP contribution in [0.4, 0.5) is 0 Å². The Morgan fingerprint density at radius 1 is 1.11 bits per heavy atom. The predicted molar refractivity (Wildman–Crippen MR) is 75.3 cm³/mol. The van der Waals surface area contributed by atoms with Crippen molar-refractivity contribution in [1.29, 1.82) is 0 Å². The van der Waals surface area contributed by atoms with Crippen molar-refractivity contribution in [2.75, 3.05) is 0 Å². The topological polar surface area (TPSA) is 33.1 Å². The molecule has 0 saturated heterocycles. The van der Waals surface area contributed by atoms with Crippen molar-refractivity contribution >= 4 is 16.7 Å². The zero-order valence-corrected chi connectivity index (χ0v) is 11.6. The van der Waals surface area contributed by atoms with Crippen LogP contribution < -0.4 is 0 Å². The number of fused-ring (bicyclic) bond motifs is 3. The summed E-state index contributed by atoms with van der Waals surface area (Å²) in [5.74, 6) is 0.494. The van der Waals surface area contributed by atoms with Gasteiger partial charge >= 0.3 is 0 Å². The SMILES string of the molecule is Cc1cc2nc3c(C)c(C(C)C)[nH]n3c2cc1C. The van der Waals surface area contributed by atoms with Crippen LogP contribution in [-0.4, -0.2) is 14.6 Å². The molecule has 1 aromatic carbocycles. The molecule has 0 radical (unpaired) electrons. The van der Waals surface area contributed by atoms with Crippen molar-refractivity contribution in [3.8, 4) is 0 Å². The van der Waals surface area contributed by atoms with E-state index in [1.807, 2.05) is 0 Å². The van der Waals surface area contributed by atoms with Crippen molar-refractivity contribution in [1.82, 2.24) is 14.6 Å². The highest BCUT2D eigenvalue weighted by Crippen LogP contribution is 2.26. The third-order valence-electron chi connectivity index (χ3n) is 3.82. The average molecular weight is 241 g/mol. The van der Waals surface area contributed by atoms with Gasteiger partial charge in [-0.2, -0.15) is 0 Å². The van der Waals surface area contributed by atoms with E-state index in [4.69, 9.17) is 4.98 Å². The Morgan fingerprint density at radius 2 is 1.78 bits per heavy atom. The van der Waals surface area contributed by atoms with E-state index in [1.54, 1.807) is 0 Å². The van der Waals surface area contributed by atoms with E-state index < -0.39 is 0 Å². The molecule has 0 aliphatic heterocycles. The monoisotopic (exact) mass is 241 g/mol. The number of aromatic amines is 1. The maximum atomic E-state index is 4.75. The molecule has 0 unspecified atom stereocenters. The van der Waals surface area contributed by atoms with Gasteiger partial charge in [0.25, 0.3) is 0 Å². The first kappa shape index (κ1) is 11.3. The van der Waals surface area contributed by atoms with Crippen LogP contribution >= 0.6 is 0 Å². The molecule has 2 aromatic heterocycles. The van der Waals surface area contributed by atoms with Gasteiger partial charge in [-0.05, 0) is 49.9 Å². The number of rotatable bonds is 1. The van der Waals surface area contributed by atoms with E-state index in [9.17, 15) is 0 Å². The summed E-state index contributed by atoms with van der Waals surface area (Å²) in [7, 11) is 0.